The Bertz CT molecular complexity index is 76.8. The van der Waals surface area contributed by atoms with Crippen molar-refractivity contribution in [3.05, 3.63) is 12.3 Å². The summed E-state index contributed by atoms with van der Waals surface area (Å²) in [6.45, 7) is 5.06. The van der Waals surface area contributed by atoms with Crippen molar-refractivity contribution >= 4 is 0 Å². The predicted octanol–water partition coefficient (Wildman–Crippen LogP) is 3.12. The molecule has 0 fully saturated rings. The van der Waals surface area contributed by atoms with Gasteiger partial charge < -0.3 is 4.74 Å². The Balaban J connectivity index is 2.77. The van der Waals surface area contributed by atoms with Crippen LogP contribution in [0.25, 0.3) is 0 Å². The summed E-state index contributed by atoms with van der Waals surface area (Å²) in [5, 5.41) is 0. The van der Waals surface area contributed by atoms with Crippen LogP contribution in [-0.4, -0.2) is 6.61 Å². The van der Waals surface area contributed by atoms with Crippen molar-refractivity contribution in [3.63, 3.8) is 0 Å². The van der Waals surface area contributed by atoms with Crippen LogP contribution in [0, 0.1) is 0 Å². The number of allylic oxidation sites excluding steroid dienone is 1. The van der Waals surface area contributed by atoms with Crippen molar-refractivity contribution in [2.45, 2.75) is 39.5 Å². The lowest BCUT2D eigenvalue weighted by Gasteiger charge is -1.98. The molecule has 0 aliphatic rings. The first-order valence-corrected chi connectivity index (χ1v) is 4.14. The number of hydrogen-bond acceptors (Lipinski definition) is 1. The number of ether oxygens (including phenoxy) is 1. The Labute approximate surface area is 64.1 Å². The van der Waals surface area contributed by atoms with E-state index in [2.05, 4.69) is 6.92 Å². The summed E-state index contributed by atoms with van der Waals surface area (Å²) < 4.78 is 5.15. The molecule has 0 heterocycles. The summed E-state index contributed by atoms with van der Waals surface area (Å²) in [4.78, 5) is 0. The van der Waals surface area contributed by atoms with E-state index in [9.17, 15) is 0 Å². The van der Waals surface area contributed by atoms with Gasteiger partial charge in [-0.15, -0.1) is 0 Å². The molecule has 0 aromatic carbocycles. The molecular weight excluding hydrogens is 124 g/mol. The Morgan fingerprint density at radius 2 is 2.00 bits per heavy atom. The van der Waals surface area contributed by atoms with Gasteiger partial charge in [-0.1, -0.05) is 32.3 Å². The van der Waals surface area contributed by atoms with E-state index in [0.29, 0.717) is 0 Å². The average Bonchev–Trinajstić information content (AvgIpc) is 1.97. The van der Waals surface area contributed by atoms with Gasteiger partial charge in [0, 0.05) is 0 Å². The largest absolute Gasteiger partial charge is 0.502 e. The summed E-state index contributed by atoms with van der Waals surface area (Å²) in [5.41, 5.74) is 0. The molecule has 0 atom stereocenters. The first-order valence-electron chi connectivity index (χ1n) is 4.14. The zero-order valence-electron chi connectivity index (χ0n) is 7.10. The van der Waals surface area contributed by atoms with Gasteiger partial charge in [0.05, 0.1) is 12.9 Å². The molecule has 0 rings (SSSR count). The Kier molecular flexibility index (Phi) is 8.15. The minimum Gasteiger partial charge on any atom is -0.502 e. The summed E-state index contributed by atoms with van der Waals surface area (Å²) in [6.07, 6.45) is 8.79. The Hall–Kier alpha value is -0.460. The second kappa shape index (κ2) is 8.54. The highest BCUT2D eigenvalue weighted by molar-refractivity contribution is 4.64. The van der Waals surface area contributed by atoms with E-state index in [1.165, 1.54) is 25.7 Å². The van der Waals surface area contributed by atoms with E-state index in [0.717, 1.165) is 6.61 Å². The number of unbranched alkanes of at least 4 members (excludes halogenated alkanes) is 3. The molecule has 0 spiro atoms. The Morgan fingerprint density at radius 1 is 1.20 bits per heavy atom. The van der Waals surface area contributed by atoms with Gasteiger partial charge >= 0.3 is 0 Å². The summed E-state index contributed by atoms with van der Waals surface area (Å²) in [5.74, 6) is 0. The Morgan fingerprint density at radius 3 is 2.60 bits per heavy atom. The lowest BCUT2D eigenvalue weighted by atomic mass is 10.2. The molecule has 60 valence electrons. The van der Waals surface area contributed by atoms with Crippen LogP contribution >= 0.6 is 0 Å². The minimum absolute atomic E-state index is 0.879. The maximum Gasteiger partial charge on any atom is 0.0873 e. The molecule has 0 unspecified atom stereocenters. The molecule has 0 bridgehead atoms. The van der Waals surface area contributed by atoms with E-state index < -0.39 is 0 Å². The van der Waals surface area contributed by atoms with Crippen molar-refractivity contribution in [2.75, 3.05) is 6.61 Å². The predicted molar refractivity (Wildman–Crippen MR) is 44.9 cm³/mol. The zero-order chi connectivity index (χ0) is 7.66. The molecule has 0 saturated heterocycles. The molecule has 0 aromatic heterocycles. The second-order valence-corrected chi connectivity index (χ2v) is 2.40. The maximum atomic E-state index is 5.15. The average molecular weight is 142 g/mol. The van der Waals surface area contributed by atoms with E-state index in [-0.39, 0.29) is 0 Å². The molecule has 0 amide bonds. The monoisotopic (exact) mass is 142 g/mol. The number of hydrogen-bond donors (Lipinski definition) is 0. The highest BCUT2D eigenvalue weighted by atomic mass is 16.5. The highest BCUT2D eigenvalue weighted by Crippen LogP contribution is 1.98. The van der Waals surface area contributed by atoms with Crippen LogP contribution in [0.4, 0.5) is 0 Å². The van der Waals surface area contributed by atoms with Gasteiger partial charge in [0.2, 0.25) is 0 Å². The second-order valence-electron chi connectivity index (χ2n) is 2.40. The van der Waals surface area contributed by atoms with E-state index in [1.54, 1.807) is 6.26 Å². The third-order valence-electron chi connectivity index (χ3n) is 1.35. The van der Waals surface area contributed by atoms with Crippen LogP contribution < -0.4 is 0 Å². The third kappa shape index (κ3) is 7.54. The van der Waals surface area contributed by atoms with Crippen LogP contribution in [0.1, 0.15) is 39.5 Å². The highest BCUT2D eigenvalue weighted by Gasteiger charge is 1.84. The van der Waals surface area contributed by atoms with Crippen LogP contribution in [0.15, 0.2) is 12.3 Å². The van der Waals surface area contributed by atoms with Gasteiger partial charge in [-0.3, -0.25) is 0 Å². The van der Waals surface area contributed by atoms with E-state index in [4.69, 9.17) is 4.74 Å². The van der Waals surface area contributed by atoms with Crippen LogP contribution in [0.5, 0.6) is 0 Å². The molecular formula is C9H18O. The molecule has 1 heteroatoms. The topological polar surface area (TPSA) is 9.23 Å². The summed E-state index contributed by atoms with van der Waals surface area (Å²) >= 11 is 0. The van der Waals surface area contributed by atoms with Crippen LogP contribution in [-0.2, 0) is 4.74 Å². The number of rotatable bonds is 6. The summed E-state index contributed by atoms with van der Waals surface area (Å²) in [6, 6.07) is 0. The molecule has 10 heavy (non-hydrogen) atoms. The standard InChI is InChI=1S/C9H18O/c1-3-5-6-7-9-10-8-4-2/h4,8H,3,5-7,9H2,1-2H3/b8-4-. The van der Waals surface area contributed by atoms with Crippen LogP contribution in [0.3, 0.4) is 0 Å². The first kappa shape index (κ1) is 9.54. The van der Waals surface area contributed by atoms with Crippen molar-refractivity contribution in [3.8, 4) is 0 Å². The lowest BCUT2D eigenvalue weighted by molar-refractivity contribution is 0.240. The van der Waals surface area contributed by atoms with Gasteiger partial charge in [-0.05, 0) is 13.3 Å². The fraction of sp³-hybridized carbons (Fsp3) is 0.778. The normalized spacial score (nSPS) is 10.6. The van der Waals surface area contributed by atoms with Gasteiger partial charge in [-0.25, -0.2) is 0 Å². The molecule has 1 nitrogen and oxygen atoms in total. The molecule has 0 radical (unpaired) electrons. The molecule has 0 aliphatic heterocycles. The van der Waals surface area contributed by atoms with Crippen molar-refractivity contribution in [1.29, 1.82) is 0 Å². The molecule has 0 aliphatic carbocycles. The summed E-state index contributed by atoms with van der Waals surface area (Å²) in [7, 11) is 0. The molecule has 0 saturated carbocycles. The van der Waals surface area contributed by atoms with E-state index in [1.807, 2.05) is 13.0 Å². The fourth-order valence-electron chi connectivity index (χ4n) is 0.776. The van der Waals surface area contributed by atoms with Crippen molar-refractivity contribution in [2.24, 2.45) is 0 Å². The van der Waals surface area contributed by atoms with Gasteiger partial charge in [0.15, 0.2) is 0 Å². The quantitative estimate of drug-likeness (QED) is 0.409. The first-order chi connectivity index (χ1) is 4.91. The zero-order valence-corrected chi connectivity index (χ0v) is 7.10. The fourth-order valence-corrected chi connectivity index (χ4v) is 0.776. The van der Waals surface area contributed by atoms with Gasteiger partial charge in [-0.2, -0.15) is 0 Å². The van der Waals surface area contributed by atoms with Gasteiger partial charge in [0.1, 0.15) is 0 Å². The van der Waals surface area contributed by atoms with Crippen molar-refractivity contribution in [1.82, 2.24) is 0 Å². The lowest BCUT2D eigenvalue weighted by Crippen LogP contribution is -1.86. The molecule has 0 N–H and O–H groups in total. The van der Waals surface area contributed by atoms with Crippen LogP contribution in [0.2, 0.25) is 0 Å². The third-order valence-corrected chi connectivity index (χ3v) is 1.35. The minimum atomic E-state index is 0.879. The van der Waals surface area contributed by atoms with E-state index >= 15 is 0 Å². The molecule has 0 aromatic rings. The smallest absolute Gasteiger partial charge is 0.0873 e. The van der Waals surface area contributed by atoms with Crippen molar-refractivity contribution < 1.29 is 4.74 Å². The SMILES string of the molecule is C/C=C\OCCCCCC. The maximum absolute atomic E-state index is 5.15. The van der Waals surface area contributed by atoms with Gasteiger partial charge in [0.25, 0.3) is 0 Å².